The Labute approximate surface area is 115 Å². The van der Waals surface area contributed by atoms with Crippen molar-refractivity contribution in [1.82, 2.24) is 4.90 Å². The molecule has 1 heterocycles. The topological polar surface area (TPSA) is 63.7 Å². The van der Waals surface area contributed by atoms with Crippen LogP contribution in [0.4, 0.5) is 4.79 Å². The van der Waals surface area contributed by atoms with Crippen LogP contribution in [0.15, 0.2) is 12.0 Å². The molecular formula is C13H23NO4S. The lowest BCUT2D eigenvalue weighted by atomic mass is 9.99. The molecule has 0 N–H and O–H groups in total. The van der Waals surface area contributed by atoms with Crippen LogP contribution < -0.4 is 0 Å². The third kappa shape index (κ3) is 5.63. The molecule has 0 atom stereocenters. The number of piperidine rings is 1. The number of nitrogens with zero attached hydrogens (tertiary/aromatic N) is 1. The maximum atomic E-state index is 11.8. The Morgan fingerprint density at radius 1 is 1.37 bits per heavy atom. The van der Waals surface area contributed by atoms with Gasteiger partial charge in [-0.3, -0.25) is 0 Å². The van der Waals surface area contributed by atoms with Crippen LogP contribution in [-0.2, 0) is 14.6 Å². The monoisotopic (exact) mass is 289 g/mol. The Bertz CT molecular complexity index is 428. The molecule has 110 valence electrons. The predicted octanol–water partition coefficient (Wildman–Crippen LogP) is 2.19. The van der Waals surface area contributed by atoms with Gasteiger partial charge in [0.2, 0.25) is 0 Å². The molecule has 5 nitrogen and oxygen atoms in total. The minimum Gasteiger partial charge on any atom is -0.444 e. The van der Waals surface area contributed by atoms with E-state index in [4.69, 9.17) is 4.74 Å². The van der Waals surface area contributed by atoms with Crippen molar-refractivity contribution in [2.75, 3.05) is 18.8 Å². The van der Waals surface area contributed by atoms with E-state index in [1.165, 1.54) is 0 Å². The van der Waals surface area contributed by atoms with Crippen LogP contribution in [0.1, 0.15) is 33.6 Å². The number of sulfone groups is 1. The third-order valence-electron chi connectivity index (χ3n) is 2.99. The van der Waals surface area contributed by atoms with Gasteiger partial charge < -0.3 is 9.64 Å². The molecule has 0 aliphatic carbocycles. The molecule has 0 bridgehead atoms. The first-order valence-electron chi connectivity index (χ1n) is 6.46. The number of hydrogen-bond donors (Lipinski definition) is 0. The van der Waals surface area contributed by atoms with Crippen molar-refractivity contribution in [2.45, 2.75) is 39.2 Å². The molecule has 1 aliphatic heterocycles. The number of ether oxygens (including phenoxy) is 1. The van der Waals surface area contributed by atoms with Crippen molar-refractivity contribution in [3.8, 4) is 0 Å². The first kappa shape index (κ1) is 16.0. The van der Waals surface area contributed by atoms with Crippen LogP contribution in [0.3, 0.4) is 0 Å². The van der Waals surface area contributed by atoms with E-state index in [-0.39, 0.29) is 17.8 Å². The van der Waals surface area contributed by atoms with Gasteiger partial charge in [-0.25, -0.2) is 13.2 Å². The molecule has 0 unspecified atom stereocenters. The van der Waals surface area contributed by atoms with Crippen LogP contribution in [0, 0.1) is 5.92 Å². The van der Waals surface area contributed by atoms with Crippen LogP contribution in [0.25, 0.3) is 0 Å². The highest BCUT2D eigenvalue weighted by molar-refractivity contribution is 7.94. The molecule has 19 heavy (non-hydrogen) atoms. The van der Waals surface area contributed by atoms with Crippen LogP contribution >= 0.6 is 0 Å². The average Bonchev–Trinajstić information content (AvgIpc) is 2.27. The Hall–Kier alpha value is -1.04. The molecule has 6 heteroatoms. The Balaban J connectivity index is 2.45. The number of carbonyl (C=O) groups excluding carboxylic acids is 1. The number of carbonyl (C=O) groups is 1. The standard InChI is InChI=1S/C13H23NO4S/c1-5-19(16,17)10-11-6-8-14(9-7-11)12(15)18-13(2,3)4/h5,11H,1,6-10H2,2-4H3. The van der Waals surface area contributed by atoms with E-state index in [9.17, 15) is 13.2 Å². The van der Waals surface area contributed by atoms with Crippen molar-refractivity contribution < 1.29 is 17.9 Å². The van der Waals surface area contributed by atoms with Crippen LogP contribution in [0.5, 0.6) is 0 Å². The molecule has 0 aromatic carbocycles. The van der Waals surface area contributed by atoms with E-state index in [0.717, 1.165) is 5.41 Å². The summed E-state index contributed by atoms with van der Waals surface area (Å²) in [5.74, 6) is 0.222. The summed E-state index contributed by atoms with van der Waals surface area (Å²) in [6, 6.07) is 0. The summed E-state index contributed by atoms with van der Waals surface area (Å²) in [6.45, 7) is 9.89. The lowest BCUT2D eigenvalue weighted by Crippen LogP contribution is -2.42. The lowest BCUT2D eigenvalue weighted by molar-refractivity contribution is 0.0191. The number of amides is 1. The van der Waals surface area contributed by atoms with Crippen molar-refractivity contribution >= 4 is 15.9 Å². The van der Waals surface area contributed by atoms with Gasteiger partial charge in [0, 0.05) is 18.5 Å². The van der Waals surface area contributed by atoms with E-state index in [1.807, 2.05) is 20.8 Å². The van der Waals surface area contributed by atoms with Crippen molar-refractivity contribution in [3.63, 3.8) is 0 Å². The number of hydrogen-bond acceptors (Lipinski definition) is 4. The van der Waals surface area contributed by atoms with Gasteiger partial charge in [0.1, 0.15) is 5.60 Å². The molecular weight excluding hydrogens is 266 g/mol. The third-order valence-corrected chi connectivity index (χ3v) is 4.43. The maximum absolute atomic E-state index is 11.8. The van der Waals surface area contributed by atoms with Crippen molar-refractivity contribution in [3.05, 3.63) is 12.0 Å². The zero-order chi connectivity index (χ0) is 14.7. The zero-order valence-electron chi connectivity index (χ0n) is 11.9. The predicted molar refractivity (Wildman–Crippen MR) is 74.5 cm³/mol. The second kappa shape index (κ2) is 5.94. The molecule has 0 saturated carbocycles. The smallest absolute Gasteiger partial charge is 0.410 e. The van der Waals surface area contributed by atoms with Gasteiger partial charge >= 0.3 is 6.09 Å². The molecule has 0 radical (unpaired) electrons. The van der Waals surface area contributed by atoms with Gasteiger partial charge in [0.25, 0.3) is 0 Å². The van der Waals surface area contributed by atoms with Crippen LogP contribution in [-0.4, -0.2) is 43.9 Å². The summed E-state index contributed by atoms with van der Waals surface area (Å²) in [4.78, 5) is 13.5. The largest absolute Gasteiger partial charge is 0.444 e. The van der Waals surface area contributed by atoms with E-state index < -0.39 is 15.4 Å². The first-order chi connectivity index (χ1) is 8.63. The van der Waals surface area contributed by atoms with Crippen molar-refractivity contribution in [2.24, 2.45) is 5.92 Å². The highest BCUT2D eigenvalue weighted by Gasteiger charge is 2.28. The van der Waals surface area contributed by atoms with E-state index in [1.54, 1.807) is 4.90 Å². The van der Waals surface area contributed by atoms with Crippen LogP contribution in [0.2, 0.25) is 0 Å². The molecule has 1 amide bonds. The molecule has 0 spiro atoms. The van der Waals surface area contributed by atoms with Gasteiger partial charge in [-0.2, -0.15) is 0 Å². The average molecular weight is 289 g/mol. The fourth-order valence-electron chi connectivity index (χ4n) is 2.01. The minimum atomic E-state index is -3.16. The molecule has 1 rings (SSSR count). The summed E-state index contributed by atoms with van der Waals surface area (Å²) in [5.41, 5.74) is -0.500. The molecule has 0 aromatic heterocycles. The highest BCUT2D eigenvalue weighted by Crippen LogP contribution is 2.21. The van der Waals surface area contributed by atoms with E-state index in [0.29, 0.717) is 25.9 Å². The summed E-state index contributed by atoms with van der Waals surface area (Å²) in [6.07, 6.45) is 1.05. The zero-order valence-corrected chi connectivity index (χ0v) is 12.7. The quantitative estimate of drug-likeness (QED) is 0.799. The Kier molecular flexibility index (Phi) is 5.01. The van der Waals surface area contributed by atoms with Gasteiger partial charge in [-0.1, -0.05) is 6.58 Å². The summed E-state index contributed by atoms with van der Waals surface area (Å²) < 4.78 is 28.2. The first-order valence-corrected chi connectivity index (χ1v) is 8.17. The number of rotatable bonds is 3. The fourth-order valence-corrected chi connectivity index (χ4v) is 3.13. The van der Waals surface area contributed by atoms with Gasteiger partial charge in [-0.15, -0.1) is 0 Å². The second-order valence-corrected chi connectivity index (χ2v) is 7.90. The number of likely N-dealkylation sites (tertiary alicyclic amines) is 1. The molecule has 1 aliphatic rings. The Morgan fingerprint density at radius 3 is 2.32 bits per heavy atom. The van der Waals surface area contributed by atoms with Gasteiger partial charge in [-0.05, 0) is 39.5 Å². The van der Waals surface area contributed by atoms with Crippen molar-refractivity contribution in [1.29, 1.82) is 0 Å². The maximum Gasteiger partial charge on any atom is 0.410 e. The van der Waals surface area contributed by atoms with Gasteiger partial charge in [0.05, 0.1) is 5.75 Å². The fraction of sp³-hybridized carbons (Fsp3) is 0.769. The summed E-state index contributed by atoms with van der Waals surface area (Å²) in [7, 11) is -3.16. The summed E-state index contributed by atoms with van der Waals surface area (Å²) in [5, 5.41) is 1.01. The second-order valence-electron chi connectivity index (χ2n) is 5.91. The molecule has 0 aromatic rings. The lowest BCUT2D eigenvalue weighted by Gasteiger charge is -2.33. The Morgan fingerprint density at radius 2 is 1.89 bits per heavy atom. The summed E-state index contributed by atoms with van der Waals surface area (Å²) >= 11 is 0. The molecule has 1 saturated heterocycles. The van der Waals surface area contributed by atoms with Gasteiger partial charge in [0.15, 0.2) is 9.84 Å². The highest BCUT2D eigenvalue weighted by atomic mass is 32.2. The molecule has 1 fully saturated rings. The minimum absolute atomic E-state index is 0.0988. The van der Waals surface area contributed by atoms with E-state index >= 15 is 0 Å². The SMILES string of the molecule is C=CS(=O)(=O)CC1CCN(C(=O)OC(C)(C)C)CC1. The normalized spacial score (nSPS) is 18.2. The van der Waals surface area contributed by atoms with E-state index in [2.05, 4.69) is 6.58 Å².